The molecule has 2 aromatic carbocycles. The molecule has 0 aliphatic heterocycles. The smallest absolute Gasteiger partial charge is 0.131 e. The van der Waals surface area contributed by atoms with Crippen molar-refractivity contribution in [3.63, 3.8) is 0 Å². The predicted molar refractivity (Wildman–Crippen MR) is 75.2 cm³/mol. The molecule has 1 atom stereocenters. The lowest BCUT2D eigenvalue weighted by Crippen LogP contribution is -1.99. The summed E-state index contributed by atoms with van der Waals surface area (Å²) in [6.07, 6.45) is 1.19. The van der Waals surface area contributed by atoms with Gasteiger partial charge in [0, 0.05) is 5.56 Å². The maximum absolute atomic E-state index is 13.7. The standard InChI is InChI=1S/C17H14FNO2/c18-16-7-11(9-19)1-2-13(16)10-21-14-4-5-15-12(8-14)3-6-17(15)20/h1-2,4-5,7-8,17,20H,3,6,10H2. The summed E-state index contributed by atoms with van der Waals surface area (Å²) in [6.45, 7) is 0.110. The lowest BCUT2D eigenvalue weighted by molar-refractivity contribution is 0.180. The van der Waals surface area contributed by atoms with Crippen molar-refractivity contribution in [2.24, 2.45) is 0 Å². The molecule has 0 bridgehead atoms. The fourth-order valence-corrected chi connectivity index (χ4v) is 2.56. The van der Waals surface area contributed by atoms with Crippen molar-refractivity contribution in [3.8, 4) is 11.8 Å². The first kappa shape index (κ1) is 13.6. The van der Waals surface area contributed by atoms with E-state index >= 15 is 0 Å². The molecule has 1 aliphatic rings. The second-order valence-electron chi connectivity index (χ2n) is 5.12. The quantitative estimate of drug-likeness (QED) is 0.940. The molecule has 0 saturated heterocycles. The van der Waals surface area contributed by atoms with E-state index in [1.807, 2.05) is 18.2 Å². The Kier molecular flexibility index (Phi) is 3.59. The average Bonchev–Trinajstić information content (AvgIpc) is 2.87. The summed E-state index contributed by atoms with van der Waals surface area (Å²) in [5, 5.41) is 18.5. The lowest BCUT2D eigenvalue weighted by Gasteiger charge is -2.10. The van der Waals surface area contributed by atoms with E-state index < -0.39 is 5.82 Å². The van der Waals surface area contributed by atoms with Gasteiger partial charge in [-0.15, -0.1) is 0 Å². The second-order valence-corrected chi connectivity index (χ2v) is 5.12. The molecule has 0 amide bonds. The zero-order valence-electron chi connectivity index (χ0n) is 11.3. The van der Waals surface area contributed by atoms with Gasteiger partial charge in [-0.05, 0) is 48.2 Å². The Morgan fingerprint density at radius 2 is 2.14 bits per heavy atom. The fourth-order valence-electron chi connectivity index (χ4n) is 2.56. The van der Waals surface area contributed by atoms with E-state index in [1.54, 1.807) is 18.2 Å². The number of hydrogen-bond acceptors (Lipinski definition) is 3. The summed E-state index contributed by atoms with van der Waals surface area (Å²) in [5.41, 5.74) is 2.74. The molecule has 3 nitrogen and oxygen atoms in total. The predicted octanol–water partition coefficient (Wildman–Crippen LogP) is 3.26. The molecule has 21 heavy (non-hydrogen) atoms. The average molecular weight is 283 g/mol. The molecule has 0 aromatic heterocycles. The molecule has 0 saturated carbocycles. The molecular formula is C17H14FNO2. The van der Waals surface area contributed by atoms with Crippen LogP contribution in [0.5, 0.6) is 5.75 Å². The van der Waals surface area contributed by atoms with Crippen LogP contribution in [0.1, 0.15) is 34.8 Å². The van der Waals surface area contributed by atoms with Crippen LogP contribution in [0.15, 0.2) is 36.4 Å². The highest BCUT2D eigenvalue weighted by molar-refractivity contribution is 5.40. The van der Waals surface area contributed by atoms with Crippen LogP contribution in [-0.4, -0.2) is 5.11 Å². The maximum atomic E-state index is 13.7. The van der Waals surface area contributed by atoms with E-state index in [0.29, 0.717) is 16.9 Å². The summed E-state index contributed by atoms with van der Waals surface area (Å²) in [4.78, 5) is 0. The van der Waals surface area contributed by atoms with Crippen molar-refractivity contribution in [2.75, 3.05) is 0 Å². The van der Waals surface area contributed by atoms with Crippen LogP contribution in [0.3, 0.4) is 0 Å². The number of ether oxygens (including phenoxy) is 1. The number of aliphatic hydroxyl groups is 1. The van der Waals surface area contributed by atoms with Crippen molar-refractivity contribution in [1.82, 2.24) is 0 Å². The Bertz CT molecular complexity index is 721. The van der Waals surface area contributed by atoms with E-state index in [9.17, 15) is 9.50 Å². The molecule has 1 unspecified atom stereocenters. The van der Waals surface area contributed by atoms with Gasteiger partial charge in [0.05, 0.1) is 17.7 Å². The molecule has 4 heteroatoms. The van der Waals surface area contributed by atoms with Gasteiger partial charge in [0.2, 0.25) is 0 Å². The Morgan fingerprint density at radius 1 is 1.29 bits per heavy atom. The number of aryl methyl sites for hydroxylation is 1. The normalized spacial score (nSPS) is 16.3. The van der Waals surface area contributed by atoms with Crippen molar-refractivity contribution in [3.05, 3.63) is 64.5 Å². The number of rotatable bonds is 3. The molecule has 106 valence electrons. The third-order valence-electron chi connectivity index (χ3n) is 3.74. The van der Waals surface area contributed by atoms with E-state index in [4.69, 9.17) is 10.00 Å². The van der Waals surface area contributed by atoms with Crippen LogP contribution in [0.2, 0.25) is 0 Å². The minimum atomic E-state index is -0.439. The Labute approximate surface area is 122 Å². The number of halogens is 1. The summed E-state index contributed by atoms with van der Waals surface area (Å²) >= 11 is 0. The molecule has 0 spiro atoms. The zero-order chi connectivity index (χ0) is 14.8. The minimum Gasteiger partial charge on any atom is -0.489 e. The molecule has 0 radical (unpaired) electrons. The number of fused-ring (bicyclic) bond motifs is 1. The third kappa shape index (κ3) is 2.74. The van der Waals surface area contributed by atoms with Gasteiger partial charge in [0.25, 0.3) is 0 Å². The Hall–Kier alpha value is -2.38. The van der Waals surface area contributed by atoms with Gasteiger partial charge in [0.1, 0.15) is 18.2 Å². The molecule has 0 fully saturated rings. The van der Waals surface area contributed by atoms with Crippen LogP contribution < -0.4 is 4.74 Å². The van der Waals surface area contributed by atoms with Crippen LogP contribution in [0.4, 0.5) is 4.39 Å². The Balaban J connectivity index is 1.72. The van der Waals surface area contributed by atoms with Gasteiger partial charge in [-0.3, -0.25) is 0 Å². The van der Waals surface area contributed by atoms with Crippen LogP contribution in [0, 0.1) is 17.1 Å². The number of nitriles is 1. The largest absolute Gasteiger partial charge is 0.489 e. The molecular weight excluding hydrogens is 269 g/mol. The van der Waals surface area contributed by atoms with E-state index in [1.165, 1.54) is 6.07 Å². The van der Waals surface area contributed by atoms with Gasteiger partial charge in [-0.1, -0.05) is 12.1 Å². The van der Waals surface area contributed by atoms with Crippen molar-refractivity contribution < 1.29 is 14.2 Å². The van der Waals surface area contributed by atoms with Crippen LogP contribution >= 0.6 is 0 Å². The van der Waals surface area contributed by atoms with Gasteiger partial charge in [0.15, 0.2) is 0 Å². The van der Waals surface area contributed by atoms with E-state index in [0.717, 1.165) is 24.0 Å². The van der Waals surface area contributed by atoms with Crippen molar-refractivity contribution in [1.29, 1.82) is 5.26 Å². The highest BCUT2D eigenvalue weighted by Crippen LogP contribution is 2.33. The van der Waals surface area contributed by atoms with Crippen LogP contribution in [0.25, 0.3) is 0 Å². The first-order chi connectivity index (χ1) is 10.2. The molecule has 0 heterocycles. The van der Waals surface area contributed by atoms with Gasteiger partial charge in [-0.2, -0.15) is 5.26 Å². The summed E-state index contributed by atoms with van der Waals surface area (Å²) in [5.74, 6) is 0.220. The molecule has 3 rings (SSSR count). The SMILES string of the molecule is N#Cc1ccc(COc2ccc3c(c2)CCC3O)c(F)c1. The molecule has 1 aliphatic carbocycles. The minimum absolute atomic E-state index is 0.110. The highest BCUT2D eigenvalue weighted by Gasteiger charge is 2.20. The highest BCUT2D eigenvalue weighted by atomic mass is 19.1. The van der Waals surface area contributed by atoms with E-state index in [-0.39, 0.29) is 12.7 Å². The van der Waals surface area contributed by atoms with Crippen molar-refractivity contribution in [2.45, 2.75) is 25.6 Å². The Morgan fingerprint density at radius 3 is 2.90 bits per heavy atom. The van der Waals surface area contributed by atoms with E-state index in [2.05, 4.69) is 0 Å². The number of benzene rings is 2. The van der Waals surface area contributed by atoms with Gasteiger partial charge < -0.3 is 9.84 Å². The summed E-state index contributed by atoms with van der Waals surface area (Å²) in [6, 6.07) is 11.8. The molecule has 2 aromatic rings. The first-order valence-electron chi connectivity index (χ1n) is 6.79. The van der Waals surface area contributed by atoms with Gasteiger partial charge >= 0.3 is 0 Å². The molecule has 1 N–H and O–H groups in total. The maximum Gasteiger partial charge on any atom is 0.131 e. The van der Waals surface area contributed by atoms with Crippen molar-refractivity contribution >= 4 is 0 Å². The lowest BCUT2D eigenvalue weighted by atomic mass is 10.1. The first-order valence-corrected chi connectivity index (χ1v) is 6.79. The topological polar surface area (TPSA) is 53.2 Å². The third-order valence-corrected chi connectivity index (χ3v) is 3.74. The second kappa shape index (κ2) is 5.55. The number of nitrogens with zero attached hydrogens (tertiary/aromatic N) is 1. The van der Waals surface area contributed by atoms with Crippen LogP contribution in [-0.2, 0) is 13.0 Å². The summed E-state index contributed by atoms with van der Waals surface area (Å²) in [7, 11) is 0. The zero-order valence-corrected chi connectivity index (χ0v) is 11.3. The summed E-state index contributed by atoms with van der Waals surface area (Å²) < 4.78 is 19.3. The van der Waals surface area contributed by atoms with Gasteiger partial charge in [-0.25, -0.2) is 4.39 Å². The fraction of sp³-hybridized carbons (Fsp3) is 0.235. The monoisotopic (exact) mass is 283 g/mol. The number of hydrogen-bond donors (Lipinski definition) is 1. The number of aliphatic hydroxyl groups excluding tert-OH is 1.